The van der Waals surface area contributed by atoms with Crippen LogP contribution in [0.1, 0.15) is 99.8 Å². The van der Waals surface area contributed by atoms with E-state index in [1.165, 1.54) is 124 Å². The van der Waals surface area contributed by atoms with Crippen LogP contribution in [0.15, 0.2) is 110 Å². The van der Waals surface area contributed by atoms with Crippen LogP contribution in [0.3, 0.4) is 0 Å². The number of amides is 2. The number of aromatic nitrogens is 6. The summed E-state index contributed by atoms with van der Waals surface area (Å²) in [6.07, 6.45) is 3.76. The summed E-state index contributed by atoms with van der Waals surface area (Å²) in [5.74, 6) is 0.0160. The van der Waals surface area contributed by atoms with Crippen LogP contribution in [-0.2, 0) is 26.3 Å². The Morgan fingerprint density at radius 3 is 1.12 bits per heavy atom. The summed E-state index contributed by atoms with van der Waals surface area (Å²) in [6, 6.07) is 20.6. The van der Waals surface area contributed by atoms with Gasteiger partial charge in [-0.25, -0.2) is 37.7 Å². The number of halogens is 7. The zero-order chi connectivity index (χ0) is 94.0. The molecule has 15 rings (SSSR count). The Kier molecular flexibility index (Phi) is 28.5. The molecule has 9 aromatic rings. The van der Waals surface area contributed by atoms with Gasteiger partial charge in [-0.15, -0.1) is 0 Å². The molecule has 3 aromatic heterocycles. The van der Waals surface area contributed by atoms with Crippen molar-refractivity contribution in [2.75, 3.05) is 122 Å². The maximum atomic E-state index is 14.2. The molecule has 11 N–H and O–H groups in total. The van der Waals surface area contributed by atoms with E-state index in [0.717, 1.165) is 57.0 Å². The lowest BCUT2D eigenvalue weighted by Crippen LogP contribution is -2.59. The van der Waals surface area contributed by atoms with E-state index in [4.69, 9.17) is 58.5 Å². The topological polar surface area (TPSA) is 457 Å². The molecule has 9 heterocycles. The number of carbonyl (C=O) groups is 2. The summed E-state index contributed by atoms with van der Waals surface area (Å²) in [5.41, 5.74) is -2.81. The van der Waals surface area contributed by atoms with Gasteiger partial charge in [0.15, 0.2) is 0 Å². The highest BCUT2D eigenvalue weighted by molar-refractivity contribution is 6.31. The van der Waals surface area contributed by atoms with Gasteiger partial charge in [0, 0.05) is 171 Å². The SMILES string of the molecule is CC(C)(C)OC(=O)N1C[C@H]2CNC[C@H]21.COc1cc(F)c([N+](=O)[O-])cc1Nc1nccc(Nc2cc(Cl)c(F)cc2C(C)(C)O)n1.COc1cc(N2C[C@@H]3CN(C(=O)OC(C)(C)C)[C@@H]3C2)c([N+](=O)[O-])cc1Nc1nccc(Nc2cc(Cl)c(F)cc2C(C)(C)O)n1.COc1cc(N2C[C@@H]3CN[C@@H]3C2)c([N+](=O)[O-])cc1Nc1nccc(Nc2cc(Cl)c(F)cc2C(C)(C)O)n1. The fraction of sp³-hybridized carbons (Fsp3) is 0.412. The molecule has 0 spiro atoms. The number of hydrogen-bond donors (Lipinski definition) is 11. The second-order valence-corrected chi connectivity index (χ2v) is 35.9. The number of nitrogens with one attached hydrogen (secondary N) is 8. The highest BCUT2D eigenvalue weighted by Crippen LogP contribution is 2.47. The van der Waals surface area contributed by atoms with Crippen LogP contribution in [0.25, 0.3) is 0 Å². The summed E-state index contributed by atoms with van der Waals surface area (Å²) in [6.45, 7) is 26.8. The molecule has 6 aromatic carbocycles. The molecule has 6 aliphatic rings. The number of aliphatic hydroxyl groups is 3. The van der Waals surface area contributed by atoms with Gasteiger partial charge in [-0.3, -0.25) is 30.3 Å². The fourth-order valence-electron chi connectivity index (χ4n) is 15.2. The van der Waals surface area contributed by atoms with Crippen LogP contribution < -0.4 is 66.5 Å². The number of fused-ring (bicyclic) bond motifs is 3. The Morgan fingerprint density at radius 1 is 0.434 bits per heavy atom. The minimum absolute atomic E-state index is 0.00435. The smallest absolute Gasteiger partial charge is 0.410 e. The summed E-state index contributed by atoms with van der Waals surface area (Å²) in [5, 5.41) is 90.7. The lowest BCUT2D eigenvalue weighted by atomic mass is 9.93. The molecule has 6 fully saturated rings. The maximum absolute atomic E-state index is 14.2. The van der Waals surface area contributed by atoms with Crippen molar-refractivity contribution in [3.63, 3.8) is 0 Å². The third-order valence-corrected chi connectivity index (χ3v) is 22.4. The average Bonchev–Trinajstić information content (AvgIpc) is 1.59. The van der Waals surface area contributed by atoms with E-state index in [2.05, 4.69) is 72.4 Å². The van der Waals surface area contributed by atoms with Crippen molar-refractivity contribution in [3.8, 4) is 17.2 Å². The van der Waals surface area contributed by atoms with Crippen molar-refractivity contribution < 1.29 is 80.9 Å². The molecule has 6 aliphatic heterocycles. The lowest BCUT2D eigenvalue weighted by Gasteiger charge is -2.43. The maximum Gasteiger partial charge on any atom is 0.410 e. The number of nitro benzene ring substituents is 3. The van der Waals surface area contributed by atoms with Gasteiger partial charge >= 0.3 is 17.9 Å². The van der Waals surface area contributed by atoms with Crippen molar-refractivity contribution in [2.45, 2.75) is 129 Å². The van der Waals surface area contributed by atoms with Crippen molar-refractivity contribution in [1.29, 1.82) is 0 Å². The Labute approximate surface area is 753 Å². The number of hydrogen-bond acceptors (Lipinski definition) is 32. The van der Waals surface area contributed by atoms with E-state index in [1.54, 1.807) is 49.9 Å². The van der Waals surface area contributed by atoms with Gasteiger partial charge in [-0.05, 0) is 138 Å². The molecule has 0 saturated carbocycles. The van der Waals surface area contributed by atoms with E-state index >= 15 is 0 Å². The van der Waals surface area contributed by atoms with E-state index in [0.29, 0.717) is 102 Å². The molecule has 0 bridgehead atoms. The van der Waals surface area contributed by atoms with E-state index in [9.17, 15) is 72.8 Å². The van der Waals surface area contributed by atoms with Crippen molar-refractivity contribution in [2.24, 2.45) is 17.8 Å². The minimum Gasteiger partial charge on any atom is -0.494 e. The molecule has 0 unspecified atom stereocenters. The van der Waals surface area contributed by atoms with E-state index in [1.807, 2.05) is 35.5 Å². The largest absolute Gasteiger partial charge is 0.494 e. The van der Waals surface area contributed by atoms with Gasteiger partial charge in [0.05, 0.1) is 97.1 Å². The number of rotatable bonds is 23. The Hall–Kier alpha value is -12.5. The number of nitrogens with zero attached hydrogens (tertiary/aromatic N) is 13. The summed E-state index contributed by atoms with van der Waals surface area (Å²) in [7, 11) is 4.21. The average molecular weight is 1850 g/mol. The van der Waals surface area contributed by atoms with Gasteiger partial charge < -0.3 is 101 Å². The zero-order valence-corrected chi connectivity index (χ0v) is 75.1. The van der Waals surface area contributed by atoms with Crippen molar-refractivity contribution in [3.05, 3.63) is 195 Å². The monoisotopic (exact) mass is 1850 g/mol. The van der Waals surface area contributed by atoms with Crippen molar-refractivity contribution in [1.82, 2.24) is 50.3 Å². The number of benzene rings is 6. The van der Waals surface area contributed by atoms with Gasteiger partial charge in [0.1, 0.15) is 74.7 Å². The third kappa shape index (κ3) is 23.0. The Balaban J connectivity index is 0.000000164. The Bertz CT molecular complexity index is 5740. The molecule has 2 amide bonds. The first-order valence-electron chi connectivity index (χ1n) is 40.5. The lowest BCUT2D eigenvalue weighted by molar-refractivity contribution is -0.387. The van der Waals surface area contributed by atoms with Crippen LogP contribution in [0.2, 0.25) is 15.1 Å². The van der Waals surface area contributed by atoms with Crippen LogP contribution in [0, 0.1) is 71.4 Å². The molecule has 0 radical (unpaired) electrons. The molecule has 44 heteroatoms. The first-order chi connectivity index (χ1) is 60.5. The van der Waals surface area contributed by atoms with Crippen LogP contribution in [0.4, 0.5) is 125 Å². The standard InChI is InChI=1S/C30H35ClFN7O6.C25H27ClFN7O4.C20H18ClF2N5O4.C10H18N2O2/c1-29(2,3)45-28(40)38-14-16-13-37(15-24(16)38)22-12-25(44-6)21(11-23(22)39(42)43)35-27-33-8-7-26(36-27)34-20-10-18(31)19(32)9-17(20)30(4,5)41;1-25(2,35)14-6-16(27)15(26)7-17(14)30-23-4-5-28-24(32-23)31-18-8-21(34(36)37)20(9-22(18)38-3)33-11-13-10-29-19(13)12-33;1-20(2,29)10-6-12(22)11(21)7-14(10)25-18-4-5-24-19(27-18)26-15-9-16(28(30)31)13(23)8-17(15)32-3;1-10(2,3)14-9(13)12-6-7-4-11-5-8(7)12/h7-12,16,24,41H,13-15H2,1-6H3,(H2,33,34,35,36);4-9,13,19,29,35H,10-12H2,1-3H3,(H2,28,30,31,32);4-9,29H,1-3H3,(H2,24,25,26,27);7-8,11H,4-6H2,1-3H3/t16-,24-;13-,19+;;7-,8-/m10.1/s1. The molecule has 6 atom stereocenters. The van der Waals surface area contributed by atoms with Crippen LogP contribution >= 0.6 is 34.8 Å². The zero-order valence-electron chi connectivity index (χ0n) is 72.8. The third-order valence-electron chi connectivity index (χ3n) is 21.5. The molecular formula is C85H98Cl3F4N21O16. The van der Waals surface area contributed by atoms with Gasteiger partial charge in [-0.2, -0.15) is 19.3 Å². The number of methoxy groups -OCH3 is 3. The molecule has 688 valence electrons. The van der Waals surface area contributed by atoms with Crippen LogP contribution in [0.5, 0.6) is 17.2 Å². The highest BCUT2D eigenvalue weighted by Gasteiger charge is 2.51. The fourth-order valence-corrected chi connectivity index (χ4v) is 15.7. The first-order valence-corrected chi connectivity index (χ1v) is 41.6. The van der Waals surface area contributed by atoms with E-state index < -0.39 is 72.2 Å². The number of ether oxygens (including phenoxy) is 5. The highest BCUT2D eigenvalue weighted by atomic mass is 35.5. The number of nitro groups is 3. The second kappa shape index (κ2) is 38.4. The number of carbonyl (C=O) groups excluding carboxylic acids is 2. The molecule has 0 aliphatic carbocycles. The van der Waals surface area contributed by atoms with Gasteiger partial charge in [0.2, 0.25) is 23.7 Å². The molecular weight excluding hydrogens is 1750 g/mol. The quantitative estimate of drug-likeness (QED) is 0.0161. The molecule has 6 saturated heterocycles. The predicted molar refractivity (Wildman–Crippen MR) is 478 cm³/mol. The Morgan fingerprint density at radius 2 is 0.791 bits per heavy atom. The normalized spacial score (nSPS) is 17.8. The number of likely N-dealkylation sites (tertiary alicyclic amines) is 2. The van der Waals surface area contributed by atoms with E-state index in [-0.39, 0.29) is 113 Å². The molecule has 37 nitrogen and oxygen atoms in total. The summed E-state index contributed by atoms with van der Waals surface area (Å²) < 4.78 is 83.1. The molecule has 129 heavy (non-hydrogen) atoms. The minimum atomic E-state index is -1.39. The van der Waals surface area contributed by atoms with Crippen molar-refractivity contribution >= 4 is 145 Å². The summed E-state index contributed by atoms with van der Waals surface area (Å²) in [4.78, 5) is 90.8. The predicted octanol–water partition coefficient (Wildman–Crippen LogP) is 16.1. The number of anilines is 14. The van der Waals surface area contributed by atoms with Gasteiger partial charge in [0.25, 0.3) is 11.4 Å². The van der Waals surface area contributed by atoms with Gasteiger partial charge in [-0.1, -0.05) is 34.8 Å². The summed E-state index contributed by atoms with van der Waals surface area (Å²) >= 11 is 17.9. The second-order valence-electron chi connectivity index (χ2n) is 34.7. The first kappa shape index (κ1) is 95.6. The van der Waals surface area contributed by atoms with Crippen LogP contribution in [-0.4, -0.2) is 192 Å².